The molecule has 8 heteroatoms. The highest BCUT2D eigenvalue weighted by Gasteiger charge is 2.10. The van der Waals surface area contributed by atoms with Gasteiger partial charge in [0.25, 0.3) is 0 Å². The minimum Gasteiger partial charge on any atom is -0.331 e. The summed E-state index contributed by atoms with van der Waals surface area (Å²) >= 11 is 0. The van der Waals surface area contributed by atoms with Gasteiger partial charge >= 0.3 is 6.03 Å². The molecular formula is C14H15N7O. The fourth-order valence-corrected chi connectivity index (χ4v) is 2.02. The maximum Gasteiger partial charge on any atom is 0.319 e. The van der Waals surface area contributed by atoms with Crippen LogP contribution in [0.3, 0.4) is 0 Å². The lowest BCUT2D eigenvalue weighted by Crippen LogP contribution is -2.31. The topological polar surface area (TPSA) is 101 Å². The van der Waals surface area contributed by atoms with Gasteiger partial charge in [0.2, 0.25) is 0 Å². The van der Waals surface area contributed by atoms with Crippen LogP contribution in [0.25, 0.3) is 5.69 Å². The lowest BCUT2D eigenvalue weighted by molar-refractivity contribution is 0.249. The summed E-state index contributed by atoms with van der Waals surface area (Å²) in [5.74, 6) is 0. The zero-order chi connectivity index (χ0) is 15.4. The van der Waals surface area contributed by atoms with Crippen LogP contribution in [0.1, 0.15) is 18.5 Å². The number of anilines is 1. The van der Waals surface area contributed by atoms with Crippen molar-refractivity contribution in [3.63, 3.8) is 0 Å². The van der Waals surface area contributed by atoms with Crippen LogP contribution in [0, 0.1) is 0 Å². The number of hydrogen-bond donors (Lipinski definition) is 3. The zero-order valence-electron chi connectivity index (χ0n) is 11.9. The van der Waals surface area contributed by atoms with Crippen molar-refractivity contribution in [2.75, 3.05) is 5.32 Å². The van der Waals surface area contributed by atoms with Gasteiger partial charge in [0.1, 0.15) is 12.7 Å². The molecule has 0 bridgehead atoms. The summed E-state index contributed by atoms with van der Waals surface area (Å²) < 4.78 is 1.67. The summed E-state index contributed by atoms with van der Waals surface area (Å²) in [5, 5.41) is 16.0. The minimum atomic E-state index is -0.283. The van der Waals surface area contributed by atoms with Crippen molar-refractivity contribution in [3.8, 4) is 5.69 Å². The Morgan fingerprint density at radius 3 is 2.77 bits per heavy atom. The summed E-state index contributed by atoms with van der Waals surface area (Å²) in [6.07, 6.45) is 6.27. The number of amides is 2. The smallest absolute Gasteiger partial charge is 0.319 e. The Morgan fingerprint density at radius 2 is 2.14 bits per heavy atom. The van der Waals surface area contributed by atoms with Crippen molar-refractivity contribution in [1.29, 1.82) is 0 Å². The van der Waals surface area contributed by atoms with Crippen LogP contribution < -0.4 is 10.6 Å². The summed E-state index contributed by atoms with van der Waals surface area (Å²) in [6.45, 7) is 1.92. The second-order valence-electron chi connectivity index (χ2n) is 4.74. The van der Waals surface area contributed by atoms with Crippen LogP contribution in [-0.4, -0.2) is 31.0 Å². The summed E-state index contributed by atoms with van der Waals surface area (Å²) in [5.41, 5.74) is 2.52. The van der Waals surface area contributed by atoms with Crippen molar-refractivity contribution in [3.05, 3.63) is 54.9 Å². The fraction of sp³-hybridized carbons (Fsp3) is 0.143. The van der Waals surface area contributed by atoms with Crippen molar-refractivity contribution in [2.45, 2.75) is 13.0 Å². The maximum atomic E-state index is 11.9. The lowest BCUT2D eigenvalue weighted by atomic mass is 10.1. The van der Waals surface area contributed by atoms with Crippen molar-refractivity contribution in [1.82, 2.24) is 30.3 Å². The summed E-state index contributed by atoms with van der Waals surface area (Å²) in [6, 6.07) is 7.33. The molecule has 0 saturated carbocycles. The molecule has 3 N–H and O–H groups in total. The molecule has 1 aromatic carbocycles. The number of hydrogen-bond acceptors (Lipinski definition) is 4. The van der Waals surface area contributed by atoms with Crippen molar-refractivity contribution in [2.24, 2.45) is 0 Å². The van der Waals surface area contributed by atoms with E-state index in [9.17, 15) is 4.79 Å². The summed E-state index contributed by atoms with van der Waals surface area (Å²) in [4.78, 5) is 15.8. The van der Waals surface area contributed by atoms with E-state index >= 15 is 0 Å². The van der Waals surface area contributed by atoms with Crippen LogP contribution in [0.15, 0.2) is 49.3 Å². The van der Waals surface area contributed by atoms with Crippen LogP contribution in [0.4, 0.5) is 10.5 Å². The first-order valence-corrected chi connectivity index (χ1v) is 6.73. The molecule has 22 heavy (non-hydrogen) atoms. The lowest BCUT2D eigenvalue weighted by Gasteiger charge is -2.15. The predicted octanol–water partition coefficient (Wildman–Crippen LogP) is 1.87. The molecule has 0 spiro atoms. The monoisotopic (exact) mass is 297 g/mol. The molecule has 0 fully saturated rings. The molecule has 112 valence electrons. The highest BCUT2D eigenvalue weighted by Crippen LogP contribution is 2.15. The number of aromatic amines is 1. The van der Waals surface area contributed by atoms with E-state index in [1.165, 1.54) is 12.5 Å². The van der Waals surface area contributed by atoms with E-state index in [1.54, 1.807) is 17.2 Å². The van der Waals surface area contributed by atoms with Gasteiger partial charge in [-0.25, -0.2) is 14.5 Å². The van der Waals surface area contributed by atoms with Crippen LogP contribution in [-0.2, 0) is 0 Å². The van der Waals surface area contributed by atoms with E-state index in [1.807, 2.05) is 31.2 Å². The van der Waals surface area contributed by atoms with Crippen molar-refractivity contribution >= 4 is 11.7 Å². The van der Waals surface area contributed by atoms with Gasteiger partial charge in [-0.15, -0.1) is 0 Å². The number of rotatable bonds is 4. The number of carbonyl (C=O) groups excluding carboxylic acids is 1. The Hall–Kier alpha value is -3.16. The SMILES string of the molecule is C[C@@H](NC(=O)Nc1cn[nH]c1)c1ccc(-n2cncn2)cc1. The van der Waals surface area contributed by atoms with E-state index < -0.39 is 0 Å². The third-order valence-corrected chi connectivity index (χ3v) is 3.18. The van der Waals surface area contributed by atoms with E-state index in [4.69, 9.17) is 0 Å². The van der Waals surface area contributed by atoms with E-state index in [2.05, 4.69) is 30.9 Å². The van der Waals surface area contributed by atoms with E-state index in [0.29, 0.717) is 5.69 Å². The van der Waals surface area contributed by atoms with Gasteiger partial charge in [-0.3, -0.25) is 5.10 Å². The molecule has 0 unspecified atom stereocenters. The molecule has 8 nitrogen and oxygen atoms in total. The molecule has 3 aromatic rings. The number of urea groups is 1. The quantitative estimate of drug-likeness (QED) is 0.684. The number of H-pyrrole nitrogens is 1. The maximum absolute atomic E-state index is 11.9. The number of carbonyl (C=O) groups is 1. The molecule has 0 aliphatic heterocycles. The Morgan fingerprint density at radius 1 is 1.32 bits per heavy atom. The molecule has 3 rings (SSSR count). The molecule has 0 aliphatic rings. The molecule has 0 radical (unpaired) electrons. The first-order chi connectivity index (χ1) is 10.7. The normalized spacial score (nSPS) is 11.9. The predicted molar refractivity (Wildman–Crippen MR) is 80.5 cm³/mol. The van der Waals surface area contributed by atoms with Crippen LogP contribution >= 0.6 is 0 Å². The second-order valence-corrected chi connectivity index (χ2v) is 4.74. The molecular weight excluding hydrogens is 282 g/mol. The summed E-state index contributed by atoms with van der Waals surface area (Å²) in [7, 11) is 0. The van der Waals surface area contributed by atoms with Crippen molar-refractivity contribution < 1.29 is 4.79 Å². The molecule has 2 heterocycles. The van der Waals surface area contributed by atoms with Gasteiger partial charge in [0.05, 0.1) is 23.6 Å². The molecule has 2 amide bonds. The third-order valence-electron chi connectivity index (χ3n) is 3.18. The van der Waals surface area contributed by atoms with Gasteiger partial charge < -0.3 is 10.6 Å². The highest BCUT2D eigenvalue weighted by molar-refractivity contribution is 5.89. The van der Waals surface area contributed by atoms with Gasteiger partial charge in [-0.05, 0) is 24.6 Å². The van der Waals surface area contributed by atoms with Gasteiger partial charge in [0, 0.05) is 6.20 Å². The molecule has 1 atom stereocenters. The fourth-order valence-electron chi connectivity index (χ4n) is 2.02. The Bertz CT molecular complexity index is 719. The average molecular weight is 297 g/mol. The molecule has 0 saturated heterocycles. The highest BCUT2D eigenvalue weighted by atomic mass is 16.2. The standard InChI is InChI=1S/C14H15N7O/c1-10(19-14(22)20-12-6-16-17-7-12)11-2-4-13(5-3-11)21-9-15-8-18-21/h2-10H,1H3,(H,16,17)(H2,19,20,22)/t10-/m1/s1. The van der Waals surface area contributed by atoms with Gasteiger partial charge in [0.15, 0.2) is 0 Å². The Balaban J connectivity index is 1.62. The van der Waals surface area contributed by atoms with E-state index in [-0.39, 0.29) is 12.1 Å². The van der Waals surface area contributed by atoms with Gasteiger partial charge in [-0.1, -0.05) is 12.1 Å². The Labute approximate surface area is 126 Å². The third kappa shape index (κ3) is 3.11. The largest absolute Gasteiger partial charge is 0.331 e. The minimum absolute atomic E-state index is 0.128. The molecule has 2 aromatic heterocycles. The van der Waals surface area contributed by atoms with Crippen LogP contribution in [0.5, 0.6) is 0 Å². The number of benzene rings is 1. The average Bonchev–Trinajstić information content (AvgIpc) is 3.20. The second kappa shape index (κ2) is 6.08. The van der Waals surface area contributed by atoms with E-state index in [0.717, 1.165) is 11.3 Å². The number of nitrogens with zero attached hydrogens (tertiary/aromatic N) is 4. The van der Waals surface area contributed by atoms with Gasteiger partial charge in [-0.2, -0.15) is 10.2 Å². The number of nitrogens with one attached hydrogen (secondary N) is 3. The van der Waals surface area contributed by atoms with Crippen LogP contribution in [0.2, 0.25) is 0 Å². The Kier molecular flexibility index (Phi) is 3.82. The first kappa shape index (κ1) is 13.8. The first-order valence-electron chi connectivity index (χ1n) is 6.73. The number of aromatic nitrogens is 5. The molecule has 0 aliphatic carbocycles. The zero-order valence-corrected chi connectivity index (χ0v) is 11.9.